The summed E-state index contributed by atoms with van der Waals surface area (Å²) >= 11 is 0. The number of benzene rings is 2. The fourth-order valence-corrected chi connectivity index (χ4v) is 3.15. The van der Waals surface area contributed by atoms with Crippen LogP contribution in [0.25, 0.3) is 16.9 Å². The van der Waals surface area contributed by atoms with Crippen LogP contribution in [0.1, 0.15) is 11.1 Å². The highest BCUT2D eigenvalue weighted by molar-refractivity contribution is 5.80. The van der Waals surface area contributed by atoms with E-state index in [1.807, 2.05) is 36.4 Å². The number of hydrogen-bond donors (Lipinski definition) is 2. The molecule has 2 aromatic heterocycles. The summed E-state index contributed by atoms with van der Waals surface area (Å²) in [6.07, 6.45) is 2.98. The van der Waals surface area contributed by atoms with E-state index in [0.717, 1.165) is 41.3 Å². The molecule has 0 saturated heterocycles. The SMILES string of the molecule is Cc1ccc2nc(-c3ccccc3O)c(NCCc3ccccc3)n2c1. The van der Waals surface area contributed by atoms with Crippen LogP contribution in [0.15, 0.2) is 72.9 Å². The Morgan fingerprint density at radius 2 is 1.73 bits per heavy atom. The van der Waals surface area contributed by atoms with Gasteiger partial charge in [-0.3, -0.25) is 4.40 Å². The first kappa shape index (κ1) is 16.2. The maximum Gasteiger partial charge on any atom is 0.139 e. The highest BCUT2D eigenvalue weighted by Crippen LogP contribution is 2.34. The van der Waals surface area contributed by atoms with Gasteiger partial charge in [-0.15, -0.1) is 0 Å². The fourth-order valence-electron chi connectivity index (χ4n) is 3.15. The second-order valence-electron chi connectivity index (χ2n) is 6.42. The lowest BCUT2D eigenvalue weighted by atomic mass is 10.1. The van der Waals surface area contributed by atoms with Crippen LogP contribution >= 0.6 is 0 Å². The molecule has 0 unspecified atom stereocenters. The van der Waals surface area contributed by atoms with Crippen molar-refractivity contribution < 1.29 is 5.11 Å². The number of nitrogens with one attached hydrogen (secondary N) is 1. The number of phenolic OH excluding ortho intramolecular Hbond substituents is 1. The van der Waals surface area contributed by atoms with Crippen LogP contribution < -0.4 is 5.32 Å². The summed E-state index contributed by atoms with van der Waals surface area (Å²) in [5.41, 5.74) is 4.80. The minimum Gasteiger partial charge on any atom is -0.507 e. The van der Waals surface area contributed by atoms with Crippen molar-refractivity contribution >= 4 is 11.5 Å². The number of fused-ring (bicyclic) bond motifs is 1. The molecule has 0 aliphatic carbocycles. The minimum absolute atomic E-state index is 0.235. The molecule has 4 rings (SSSR count). The van der Waals surface area contributed by atoms with Crippen LogP contribution in [0, 0.1) is 6.92 Å². The highest BCUT2D eigenvalue weighted by Gasteiger charge is 2.16. The molecule has 0 spiro atoms. The van der Waals surface area contributed by atoms with Gasteiger partial charge in [-0.05, 0) is 42.7 Å². The van der Waals surface area contributed by atoms with E-state index < -0.39 is 0 Å². The number of rotatable bonds is 5. The molecule has 0 atom stereocenters. The number of anilines is 1. The maximum atomic E-state index is 10.3. The van der Waals surface area contributed by atoms with Gasteiger partial charge in [0.05, 0.1) is 0 Å². The van der Waals surface area contributed by atoms with Gasteiger partial charge in [-0.2, -0.15) is 0 Å². The summed E-state index contributed by atoms with van der Waals surface area (Å²) in [4.78, 5) is 4.75. The highest BCUT2D eigenvalue weighted by atomic mass is 16.3. The van der Waals surface area contributed by atoms with Crippen molar-refractivity contribution in [3.05, 3.63) is 84.1 Å². The summed E-state index contributed by atoms with van der Waals surface area (Å²) in [6.45, 7) is 2.85. The number of aryl methyl sites for hydroxylation is 1. The second kappa shape index (κ2) is 6.92. The van der Waals surface area contributed by atoms with Gasteiger partial charge in [0, 0.05) is 18.3 Å². The van der Waals surface area contributed by atoms with Gasteiger partial charge in [-0.25, -0.2) is 4.98 Å². The molecule has 130 valence electrons. The quantitative estimate of drug-likeness (QED) is 0.554. The van der Waals surface area contributed by atoms with Crippen LogP contribution in [0.5, 0.6) is 5.75 Å². The summed E-state index contributed by atoms with van der Waals surface area (Å²) in [7, 11) is 0. The van der Waals surface area contributed by atoms with E-state index in [9.17, 15) is 5.11 Å². The molecule has 2 aromatic carbocycles. The van der Waals surface area contributed by atoms with E-state index in [2.05, 4.69) is 47.1 Å². The summed E-state index contributed by atoms with van der Waals surface area (Å²) < 4.78 is 2.06. The molecule has 2 N–H and O–H groups in total. The molecular formula is C22H21N3O. The monoisotopic (exact) mass is 343 g/mol. The Kier molecular flexibility index (Phi) is 4.32. The zero-order valence-corrected chi connectivity index (χ0v) is 14.7. The van der Waals surface area contributed by atoms with Crippen molar-refractivity contribution in [2.24, 2.45) is 0 Å². The number of para-hydroxylation sites is 1. The Morgan fingerprint density at radius 3 is 2.54 bits per heavy atom. The van der Waals surface area contributed by atoms with Crippen LogP contribution in [-0.2, 0) is 6.42 Å². The number of phenols is 1. The molecule has 0 aliphatic rings. The average Bonchev–Trinajstić information content (AvgIpc) is 3.01. The third-order valence-electron chi connectivity index (χ3n) is 4.47. The van der Waals surface area contributed by atoms with Crippen LogP contribution in [0.3, 0.4) is 0 Å². The number of hydrogen-bond acceptors (Lipinski definition) is 3. The first-order valence-electron chi connectivity index (χ1n) is 8.77. The van der Waals surface area contributed by atoms with E-state index in [-0.39, 0.29) is 5.75 Å². The van der Waals surface area contributed by atoms with Gasteiger partial charge in [0.2, 0.25) is 0 Å². The van der Waals surface area contributed by atoms with Gasteiger partial charge in [-0.1, -0.05) is 48.5 Å². The first-order chi connectivity index (χ1) is 12.7. The number of aromatic nitrogens is 2. The smallest absolute Gasteiger partial charge is 0.139 e. The molecule has 0 radical (unpaired) electrons. The van der Waals surface area contributed by atoms with Gasteiger partial charge in [0.15, 0.2) is 0 Å². The van der Waals surface area contributed by atoms with Crippen LogP contribution in [0.2, 0.25) is 0 Å². The number of nitrogens with zero attached hydrogens (tertiary/aromatic N) is 2. The van der Waals surface area contributed by atoms with Crippen LogP contribution in [-0.4, -0.2) is 21.0 Å². The van der Waals surface area contributed by atoms with Crippen molar-refractivity contribution in [2.75, 3.05) is 11.9 Å². The zero-order valence-electron chi connectivity index (χ0n) is 14.7. The molecule has 0 amide bonds. The number of imidazole rings is 1. The van der Waals surface area contributed by atoms with Gasteiger partial charge < -0.3 is 10.4 Å². The number of aromatic hydroxyl groups is 1. The Hall–Kier alpha value is -3.27. The molecule has 0 fully saturated rings. The zero-order chi connectivity index (χ0) is 17.9. The van der Waals surface area contributed by atoms with Gasteiger partial charge in [0.1, 0.15) is 22.9 Å². The summed E-state index contributed by atoms with van der Waals surface area (Å²) in [5.74, 6) is 1.14. The Labute approximate surface area is 152 Å². The van der Waals surface area contributed by atoms with Crippen molar-refractivity contribution in [3.8, 4) is 17.0 Å². The summed E-state index contributed by atoms with van der Waals surface area (Å²) in [5, 5.41) is 13.8. The fraction of sp³-hybridized carbons (Fsp3) is 0.136. The molecule has 4 heteroatoms. The molecule has 26 heavy (non-hydrogen) atoms. The third-order valence-corrected chi connectivity index (χ3v) is 4.47. The molecule has 0 saturated carbocycles. The predicted octanol–water partition coefficient (Wildman–Crippen LogP) is 4.67. The second-order valence-corrected chi connectivity index (χ2v) is 6.42. The van der Waals surface area contributed by atoms with E-state index in [1.165, 1.54) is 5.56 Å². The van der Waals surface area contributed by atoms with E-state index >= 15 is 0 Å². The van der Waals surface area contributed by atoms with Crippen molar-refractivity contribution in [2.45, 2.75) is 13.3 Å². The first-order valence-corrected chi connectivity index (χ1v) is 8.77. The lowest BCUT2D eigenvalue weighted by Gasteiger charge is -2.10. The van der Waals surface area contributed by atoms with E-state index in [4.69, 9.17) is 4.98 Å². The Bertz CT molecular complexity index is 1040. The summed E-state index contributed by atoms with van der Waals surface area (Å²) in [6, 6.07) is 21.8. The minimum atomic E-state index is 0.235. The standard InChI is InChI=1S/C22H21N3O/c1-16-11-12-20-24-21(18-9-5-6-10-19(18)26)22(25(20)15-16)23-14-13-17-7-3-2-4-8-17/h2-12,15,23,26H,13-14H2,1H3. The Balaban J connectivity index is 1.72. The van der Waals surface area contributed by atoms with Gasteiger partial charge in [0.25, 0.3) is 0 Å². The lowest BCUT2D eigenvalue weighted by molar-refractivity contribution is 0.477. The van der Waals surface area contributed by atoms with E-state index in [1.54, 1.807) is 6.07 Å². The van der Waals surface area contributed by atoms with Crippen molar-refractivity contribution in [1.29, 1.82) is 0 Å². The molecule has 4 nitrogen and oxygen atoms in total. The van der Waals surface area contributed by atoms with E-state index in [0.29, 0.717) is 0 Å². The third kappa shape index (κ3) is 3.14. The largest absolute Gasteiger partial charge is 0.507 e. The topological polar surface area (TPSA) is 49.6 Å². The lowest BCUT2D eigenvalue weighted by Crippen LogP contribution is -2.08. The van der Waals surface area contributed by atoms with Gasteiger partial charge >= 0.3 is 0 Å². The van der Waals surface area contributed by atoms with Crippen molar-refractivity contribution in [1.82, 2.24) is 9.38 Å². The Morgan fingerprint density at radius 1 is 0.962 bits per heavy atom. The molecule has 2 heterocycles. The molecule has 4 aromatic rings. The molecule has 0 aliphatic heterocycles. The normalized spacial score (nSPS) is 11.0. The maximum absolute atomic E-state index is 10.3. The molecule has 0 bridgehead atoms. The predicted molar refractivity (Wildman–Crippen MR) is 106 cm³/mol. The van der Waals surface area contributed by atoms with Crippen LogP contribution in [0.4, 0.5) is 5.82 Å². The average molecular weight is 343 g/mol. The van der Waals surface area contributed by atoms with Crippen molar-refractivity contribution in [3.63, 3.8) is 0 Å². The molecular weight excluding hydrogens is 322 g/mol. The number of pyridine rings is 1.